The van der Waals surface area contributed by atoms with Gasteiger partial charge in [-0.2, -0.15) is 0 Å². The average Bonchev–Trinajstić information content (AvgIpc) is 2.28. The van der Waals surface area contributed by atoms with Crippen molar-refractivity contribution in [1.82, 2.24) is 4.98 Å². The molecule has 15 heavy (non-hydrogen) atoms. The van der Waals surface area contributed by atoms with Gasteiger partial charge in [-0.3, -0.25) is 4.79 Å². The third-order valence-corrected chi connectivity index (χ3v) is 2.89. The second-order valence-corrected chi connectivity index (χ2v) is 3.96. The van der Waals surface area contributed by atoms with E-state index in [0.717, 1.165) is 10.5 Å². The number of hydrogen-bond donors (Lipinski definition) is 1. The molecule has 0 amide bonds. The van der Waals surface area contributed by atoms with E-state index >= 15 is 0 Å². The third kappa shape index (κ3) is 1.85. The first-order valence-corrected chi connectivity index (χ1v) is 5.72. The number of aromatic nitrogens is 1. The summed E-state index contributed by atoms with van der Waals surface area (Å²) in [6.45, 7) is 0. The maximum Gasteiger partial charge on any atom is 0.190 e. The Morgan fingerprint density at radius 1 is 1.33 bits per heavy atom. The molecule has 78 valence electrons. The minimum Gasteiger partial charge on any atom is -0.497 e. The number of H-pyrrole nitrogens is 1. The van der Waals surface area contributed by atoms with E-state index in [1.807, 2.05) is 18.4 Å². The maximum absolute atomic E-state index is 11.7. The number of aromatic amines is 1. The van der Waals surface area contributed by atoms with Gasteiger partial charge in [-0.05, 0) is 24.5 Å². The highest BCUT2D eigenvalue weighted by atomic mass is 32.2. The molecule has 0 saturated heterocycles. The van der Waals surface area contributed by atoms with Crippen molar-refractivity contribution in [2.75, 3.05) is 13.4 Å². The van der Waals surface area contributed by atoms with E-state index in [4.69, 9.17) is 4.74 Å². The molecule has 1 heterocycles. The van der Waals surface area contributed by atoms with E-state index < -0.39 is 0 Å². The third-order valence-electron chi connectivity index (χ3n) is 2.23. The second-order valence-electron chi connectivity index (χ2n) is 3.11. The lowest BCUT2D eigenvalue weighted by Crippen LogP contribution is -2.02. The van der Waals surface area contributed by atoms with Gasteiger partial charge in [0.1, 0.15) is 5.75 Å². The number of benzene rings is 1. The van der Waals surface area contributed by atoms with Crippen molar-refractivity contribution in [3.63, 3.8) is 0 Å². The lowest BCUT2D eigenvalue weighted by molar-refractivity contribution is 0.415. The van der Waals surface area contributed by atoms with E-state index in [-0.39, 0.29) is 5.43 Å². The Hall–Kier alpha value is -1.42. The molecule has 0 aliphatic rings. The van der Waals surface area contributed by atoms with Gasteiger partial charge in [0.25, 0.3) is 0 Å². The summed E-state index contributed by atoms with van der Waals surface area (Å²) < 4.78 is 5.08. The highest BCUT2D eigenvalue weighted by molar-refractivity contribution is 7.98. The van der Waals surface area contributed by atoms with Crippen molar-refractivity contribution in [2.24, 2.45) is 0 Å². The van der Waals surface area contributed by atoms with Gasteiger partial charge < -0.3 is 9.72 Å². The van der Waals surface area contributed by atoms with Crippen LogP contribution in [0.1, 0.15) is 0 Å². The highest BCUT2D eigenvalue weighted by Crippen LogP contribution is 2.19. The van der Waals surface area contributed by atoms with Gasteiger partial charge in [0.05, 0.1) is 17.7 Å². The zero-order chi connectivity index (χ0) is 10.8. The fourth-order valence-corrected chi connectivity index (χ4v) is 1.88. The summed E-state index contributed by atoms with van der Waals surface area (Å²) in [6, 6.07) is 7.04. The number of ether oxygens (including phenoxy) is 1. The van der Waals surface area contributed by atoms with E-state index in [9.17, 15) is 4.79 Å². The van der Waals surface area contributed by atoms with Crippen molar-refractivity contribution >= 4 is 22.7 Å². The molecule has 2 aromatic rings. The Kier molecular flexibility index (Phi) is 2.68. The number of methoxy groups -OCH3 is 1. The summed E-state index contributed by atoms with van der Waals surface area (Å²) in [5, 5.41) is 1.53. The minimum absolute atomic E-state index is 0.0204. The fourth-order valence-electron chi connectivity index (χ4n) is 1.44. The molecule has 0 saturated carbocycles. The van der Waals surface area contributed by atoms with Crippen molar-refractivity contribution < 1.29 is 4.74 Å². The predicted octanol–water partition coefficient (Wildman–Crippen LogP) is 2.26. The van der Waals surface area contributed by atoms with Crippen LogP contribution in [0.4, 0.5) is 0 Å². The van der Waals surface area contributed by atoms with Crippen LogP contribution in [0, 0.1) is 0 Å². The van der Waals surface area contributed by atoms with Crippen LogP contribution in [-0.2, 0) is 0 Å². The van der Waals surface area contributed by atoms with Crippen LogP contribution in [-0.4, -0.2) is 18.3 Å². The number of hydrogen-bond acceptors (Lipinski definition) is 3. The first-order valence-electron chi connectivity index (χ1n) is 4.49. The Morgan fingerprint density at radius 3 is 2.80 bits per heavy atom. The average molecular weight is 221 g/mol. The molecule has 2 rings (SSSR count). The molecular weight excluding hydrogens is 210 g/mol. The molecule has 0 fully saturated rings. The highest BCUT2D eigenvalue weighted by Gasteiger charge is 2.02. The first kappa shape index (κ1) is 10.1. The summed E-state index contributed by atoms with van der Waals surface area (Å²) >= 11 is 1.52. The van der Waals surface area contributed by atoms with E-state index in [2.05, 4.69) is 4.98 Å². The van der Waals surface area contributed by atoms with Gasteiger partial charge in [-0.1, -0.05) is 0 Å². The smallest absolute Gasteiger partial charge is 0.190 e. The Morgan fingerprint density at radius 2 is 2.13 bits per heavy atom. The molecule has 0 atom stereocenters. The first-order chi connectivity index (χ1) is 7.24. The standard InChI is InChI=1S/C11H11NO2S/c1-14-7-3-4-9-8(5-7)10(13)6-11(12-9)15-2/h3-6H,1-2H3,(H,12,13). The Bertz CT molecular complexity index is 548. The molecule has 4 heteroatoms. The molecule has 1 aromatic heterocycles. The normalized spacial score (nSPS) is 10.5. The zero-order valence-electron chi connectivity index (χ0n) is 8.53. The number of pyridine rings is 1. The Labute approximate surface area is 91.5 Å². The molecule has 0 bridgehead atoms. The molecule has 3 nitrogen and oxygen atoms in total. The van der Waals surface area contributed by atoms with Crippen LogP contribution in [0.25, 0.3) is 10.9 Å². The summed E-state index contributed by atoms with van der Waals surface area (Å²) in [7, 11) is 1.59. The summed E-state index contributed by atoms with van der Waals surface area (Å²) in [6.07, 6.45) is 1.93. The molecule has 1 aromatic carbocycles. The molecule has 0 unspecified atom stereocenters. The summed E-state index contributed by atoms with van der Waals surface area (Å²) in [5.74, 6) is 0.699. The lowest BCUT2D eigenvalue weighted by atomic mass is 10.2. The van der Waals surface area contributed by atoms with E-state index in [1.54, 1.807) is 19.2 Å². The molecule has 0 aliphatic heterocycles. The van der Waals surface area contributed by atoms with Crippen LogP contribution in [0.5, 0.6) is 5.75 Å². The van der Waals surface area contributed by atoms with Crippen LogP contribution in [0.2, 0.25) is 0 Å². The van der Waals surface area contributed by atoms with Crippen molar-refractivity contribution in [1.29, 1.82) is 0 Å². The predicted molar refractivity (Wildman–Crippen MR) is 62.9 cm³/mol. The van der Waals surface area contributed by atoms with Crippen LogP contribution >= 0.6 is 11.8 Å². The number of fused-ring (bicyclic) bond motifs is 1. The van der Waals surface area contributed by atoms with Crippen molar-refractivity contribution in [3.8, 4) is 5.75 Å². The summed E-state index contributed by atoms with van der Waals surface area (Å²) in [4.78, 5) is 14.9. The maximum atomic E-state index is 11.7. The van der Waals surface area contributed by atoms with Crippen LogP contribution in [0.15, 0.2) is 34.1 Å². The van der Waals surface area contributed by atoms with Crippen LogP contribution in [0.3, 0.4) is 0 Å². The SMILES string of the molecule is COc1ccc2[nH]c(SC)cc(=O)c2c1. The second kappa shape index (κ2) is 3.98. The lowest BCUT2D eigenvalue weighted by Gasteiger charge is -2.03. The van der Waals surface area contributed by atoms with E-state index in [0.29, 0.717) is 11.1 Å². The van der Waals surface area contributed by atoms with Gasteiger partial charge in [0.2, 0.25) is 0 Å². The van der Waals surface area contributed by atoms with Gasteiger partial charge in [-0.25, -0.2) is 0 Å². The molecular formula is C11H11NO2S. The summed E-state index contributed by atoms with van der Waals surface area (Å²) in [5.41, 5.74) is 0.861. The molecule has 1 N–H and O–H groups in total. The number of nitrogens with one attached hydrogen (secondary N) is 1. The van der Waals surface area contributed by atoms with Gasteiger partial charge in [0.15, 0.2) is 5.43 Å². The van der Waals surface area contributed by atoms with Crippen LogP contribution < -0.4 is 10.2 Å². The fraction of sp³-hybridized carbons (Fsp3) is 0.182. The van der Waals surface area contributed by atoms with Gasteiger partial charge >= 0.3 is 0 Å². The zero-order valence-corrected chi connectivity index (χ0v) is 9.35. The number of rotatable bonds is 2. The van der Waals surface area contributed by atoms with Crippen molar-refractivity contribution in [3.05, 3.63) is 34.5 Å². The van der Waals surface area contributed by atoms with Gasteiger partial charge in [-0.15, -0.1) is 11.8 Å². The quantitative estimate of drug-likeness (QED) is 0.791. The largest absolute Gasteiger partial charge is 0.497 e. The molecule has 0 radical (unpaired) electrons. The monoisotopic (exact) mass is 221 g/mol. The molecule has 0 aliphatic carbocycles. The minimum atomic E-state index is 0.0204. The van der Waals surface area contributed by atoms with Crippen molar-refractivity contribution in [2.45, 2.75) is 5.03 Å². The van der Waals surface area contributed by atoms with Gasteiger partial charge in [0, 0.05) is 11.5 Å². The number of thioether (sulfide) groups is 1. The Balaban J connectivity index is 2.74. The topological polar surface area (TPSA) is 42.1 Å². The molecule has 0 spiro atoms. The van der Waals surface area contributed by atoms with E-state index in [1.165, 1.54) is 11.8 Å².